The van der Waals surface area contributed by atoms with Crippen molar-refractivity contribution < 1.29 is 14.6 Å². The van der Waals surface area contributed by atoms with Gasteiger partial charge in [0.1, 0.15) is 12.4 Å². The molecule has 0 aromatic heterocycles. The van der Waals surface area contributed by atoms with Crippen molar-refractivity contribution >= 4 is 0 Å². The van der Waals surface area contributed by atoms with E-state index in [9.17, 15) is 5.11 Å². The molecule has 1 saturated carbocycles. The third-order valence-corrected chi connectivity index (χ3v) is 3.65. The van der Waals surface area contributed by atoms with Gasteiger partial charge in [-0.2, -0.15) is 0 Å². The molecule has 0 aliphatic heterocycles. The van der Waals surface area contributed by atoms with E-state index in [4.69, 9.17) is 9.47 Å². The van der Waals surface area contributed by atoms with Gasteiger partial charge in [-0.1, -0.05) is 25.1 Å². The first-order chi connectivity index (χ1) is 8.74. The summed E-state index contributed by atoms with van der Waals surface area (Å²) < 4.78 is 10.6. The van der Waals surface area contributed by atoms with Crippen molar-refractivity contribution in [3.63, 3.8) is 0 Å². The lowest BCUT2D eigenvalue weighted by molar-refractivity contribution is 0.0984. The molecule has 3 nitrogen and oxygen atoms in total. The highest BCUT2D eigenvalue weighted by atomic mass is 16.5. The van der Waals surface area contributed by atoms with Crippen LogP contribution in [0.3, 0.4) is 0 Å². The second kappa shape index (κ2) is 6.21. The zero-order chi connectivity index (χ0) is 13.0. The van der Waals surface area contributed by atoms with E-state index in [1.165, 1.54) is 12.8 Å². The highest BCUT2D eigenvalue weighted by Gasteiger charge is 2.34. The summed E-state index contributed by atoms with van der Waals surface area (Å²) in [6.07, 6.45) is 2.05. The summed E-state index contributed by atoms with van der Waals surface area (Å²) in [5, 5.41) is 10.4. The number of benzene rings is 1. The fourth-order valence-electron chi connectivity index (χ4n) is 2.25. The van der Waals surface area contributed by atoms with Gasteiger partial charge in [-0.25, -0.2) is 0 Å². The predicted octanol–water partition coefficient (Wildman–Crippen LogP) is 2.79. The summed E-state index contributed by atoms with van der Waals surface area (Å²) in [6, 6.07) is 7.74. The van der Waals surface area contributed by atoms with Gasteiger partial charge in [0.25, 0.3) is 0 Å². The number of aliphatic hydroxyl groups is 1. The van der Waals surface area contributed by atoms with Gasteiger partial charge in [0.05, 0.1) is 12.7 Å². The number of rotatable bonds is 7. The van der Waals surface area contributed by atoms with E-state index in [-0.39, 0.29) is 0 Å². The number of ether oxygens (including phenoxy) is 2. The third-order valence-electron chi connectivity index (χ3n) is 3.65. The van der Waals surface area contributed by atoms with Gasteiger partial charge in [-0.3, -0.25) is 0 Å². The Morgan fingerprint density at radius 1 is 1.28 bits per heavy atom. The van der Waals surface area contributed by atoms with E-state index < -0.39 is 6.10 Å². The maximum Gasteiger partial charge on any atom is 0.125 e. The van der Waals surface area contributed by atoms with Gasteiger partial charge in [0, 0.05) is 12.7 Å². The minimum Gasteiger partial charge on any atom is -0.491 e. The van der Waals surface area contributed by atoms with Gasteiger partial charge in [-0.15, -0.1) is 0 Å². The molecule has 2 rings (SSSR count). The smallest absolute Gasteiger partial charge is 0.125 e. The Bertz CT molecular complexity index is 374. The van der Waals surface area contributed by atoms with Crippen molar-refractivity contribution in [3.05, 3.63) is 29.8 Å². The first-order valence-corrected chi connectivity index (χ1v) is 6.62. The SMILES string of the molecule is COCCOc1ccccc1C(O)C(C)C1CC1. The molecule has 1 aromatic carbocycles. The van der Waals surface area contributed by atoms with Crippen LogP contribution in [0.5, 0.6) is 5.75 Å². The lowest BCUT2D eigenvalue weighted by atomic mass is 9.93. The molecule has 0 bridgehead atoms. The Balaban J connectivity index is 2.05. The summed E-state index contributed by atoms with van der Waals surface area (Å²) in [5.74, 6) is 1.75. The fourth-order valence-corrected chi connectivity index (χ4v) is 2.25. The number of aliphatic hydroxyl groups excluding tert-OH is 1. The molecule has 2 unspecified atom stereocenters. The average Bonchev–Trinajstić information content (AvgIpc) is 3.22. The minimum atomic E-state index is -0.434. The molecule has 18 heavy (non-hydrogen) atoms. The second-order valence-electron chi connectivity index (χ2n) is 5.02. The van der Waals surface area contributed by atoms with Crippen LogP contribution in [0.1, 0.15) is 31.4 Å². The Hall–Kier alpha value is -1.06. The molecule has 1 aliphatic rings. The van der Waals surface area contributed by atoms with E-state index in [0.717, 1.165) is 11.3 Å². The lowest BCUT2D eigenvalue weighted by Crippen LogP contribution is -2.13. The highest BCUT2D eigenvalue weighted by Crippen LogP contribution is 2.44. The Kier molecular flexibility index (Phi) is 4.61. The molecule has 1 N–H and O–H groups in total. The second-order valence-corrected chi connectivity index (χ2v) is 5.02. The number of hydrogen-bond acceptors (Lipinski definition) is 3. The summed E-state index contributed by atoms with van der Waals surface area (Å²) in [6.45, 7) is 3.19. The molecule has 1 aliphatic carbocycles. The summed E-state index contributed by atoms with van der Waals surface area (Å²) in [4.78, 5) is 0. The summed E-state index contributed by atoms with van der Waals surface area (Å²) in [7, 11) is 1.65. The molecule has 0 heterocycles. The molecule has 0 saturated heterocycles. The van der Waals surface area contributed by atoms with Crippen molar-refractivity contribution in [2.75, 3.05) is 20.3 Å². The van der Waals surface area contributed by atoms with Crippen LogP contribution in [0.2, 0.25) is 0 Å². The minimum absolute atomic E-state index is 0.303. The van der Waals surface area contributed by atoms with Gasteiger partial charge >= 0.3 is 0 Å². The first kappa shape index (κ1) is 13.4. The summed E-state index contributed by atoms with van der Waals surface area (Å²) >= 11 is 0. The largest absolute Gasteiger partial charge is 0.491 e. The Labute approximate surface area is 109 Å². The predicted molar refractivity (Wildman–Crippen MR) is 70.7 cm³/mol. The Morgan fingerprint density at radius 3 is 2.67 bits per heavy atom. The molecular weight excluding hydrogens is 228 g/mol. The maximum atomic E-state index is 10.4. The molecule has 1 fully saturated rings. The molecule has 0 radical (unpaired) electrons. The number of methoxy groups -OCH3 is 1. The van der Waals surface area contributed by atoms with Crippen LogP contribution in [-0.2, 0) is 4.74 Å². The standard InChI is InChI=1S/C15H22O3/c1-11(12-7-8-12)15(16)13-5-3-4-6-14(13)18-10-9-17-2/h3-6,11-12,15-16H,7-10H2,1-2H3. The highest BCUT2D eigenvalue weighted by molar-refractivity contribution is 5.35. The van der Waals surface area contributed by atoms with Crippen LogP contribution in [0.25, 0.3) is 0 Å². The quantitative estimate of drug-likeness (QED) is 0.756. The van der Waals surface area contributed by atoms with Gasteiger partial charge in [-0.05, 0) is 30.7 Å². The van der Waals surface area contributed by atoms with Crippen molar-refractivity contribution in [1.29, 1.82) is 0 Å². The molecule has 100 valence electrons. The van der Waals surface area contributed by atoms with Crippen LogP contribution >= 0.6 is 0 Å². The van der Waals surface area contributed by atoms with Crippen LogP contribution < -0.4 is 4.74 Å². The van der Waals surface area contributed by atoms with Gasteiger partial charge < -0.3 is 14.6 Å². The fraction of sp³-hybridized carbons (Fsp3) is 0.600. The topological polar surface area (TPSA) is 38.7 Å². The molecule has 1 aromatic rings. The van der Waals surface area contributed by atoms with E-state index in [2.05, 4.69) is 6.92 Å². The molecule has 0 amide bonds. The van der Waals surface area contributed by atoms with Gasteiger partial charge in [0.15, 0.2) is 0 Å². The van der Waals surface area contributed by atoms with Gasteiger partial charge in [0.2, 0.25) is 0 Å². The van der Waals surface area contributed by atoms with Crippen LogP contribution in [0.15, 0.2) is 24.3 Å². The van der Waals surface area contributed by atoms with Crippen molar-refractivity contribution in [3.8, 4) is 5.75 Å². The van der Waals surface area contributed by atoms with E-state index >= 15 is 0 Å². The number of hydrogen-bond donors (Lipinski definition) is 1. The average molecular weight is 250 g/mol. The first-order valence-electron chi connectivity index (χ1n) is 6.62. The zero-order valence-corrected chi connectivity index (χ0v) is 11.1. The third kappa shape index (κ3) is 3.24. The monoisotopic (exact) mass is 250 g/mol. The molecule has 2 atom stereocenters. The van der Waals surface area contributed by atoms with Crippen molar-refractivity contribution in [2.24, 2.45) is 11.8 Å². The van der Waals surface area contributed by atoms with Crippen LogP contribution in [-0.4, -0.2) is 25.4 Å². The van der Waals surface area contributed by atoms with Crippen LogP contribution in [0.4, 0.5) is 0 Å². The number of para-hydroxylation sites is 1. The van der Waals surface area contributed by atoms with E-state index in [1.54, 1.807) is 7.11 Å². The zero-order valence-electron chi connectivity index (χ0n) is 11.1. The van der Waals surface area contributed by atoms with Crippen molar-refractivity contribution in [1.82, 2.24) is 0 Å². The molecule has 3 heteroatoms. The maximum absolute atomic E-state index is 10.4. The van der Waals surface area contributed by atoms with Crippen LogP contribution in [0, 0.1) is 11.8 Å². The van der Waals surface area contributed by atoms with E-state index in [0.29, 0.717) is 25.0 Å². The molecule has 0 spiro atoms. The summed E-state index contributed by atoms with van der Waals surface area (Å²) in [5.41, 5.74) is 0.896. The van der Waals surface area contributed by atoms with Crippen molar-refractivity contribution in [2.45, 2.75) is 25.9 Å². The normalized spacial score (nSPS) is 18.4. The molecular formula is C15H22O3. The lowest BCUT2D eigenvalue weighted by Gasteiger charge is -2.21. The Morgan fingerprint density at radius 2 is 2.00 bits per heavy atom. The van der Waals surface area contributed by atoms with E-state index in [1.807, 2.05) is 24.3 Å².